The van der Waals surface area contributed by atoms with Crippen LogP contribution in [-0.4, -0.2) is 17.7 Å². The Morgan fingerprint density at radius 1 is 1.41 bits per heavy atom. The maximum Gasteiger partial charge on any atom is 0.264 e. The van der Waals surface area contributed by atoms with Crippen molar-refractivity contribution in [3.05, 3.63) is 33.2 Å². The molecule has 0 atom stereocenters. The van der Waals surface area contributed by atoms with Gasteiger partial charge in [0.1, 0.15) is 0 Å². The Bertz CT molecular complexity index is 387. The molecule has 4 heteroatoms. The smallest absolute Gasteiger partial charge is 0.264 e. The molecule has 0 aromatic carbocycles. The molecule has 0 saturated carbocycles. The van der Waals surface area contributed by atoms with Gasteiger partial charge in [-0.1, -0.05) is 13.8 Å². The van der Waals surface area contributed by atoms with Crippen LogP contribution >= 0.6 is 15.9 Å². The molecule has 3 nitrogen and oxygen atoms in total. The van der Waals surface area contributed by atoms with Crippen molar-refractivity contribution in [3.63, 3.8) is 0 Å². The maximum atomic E-state index is 11.7. The van der Waals surface area contributed by atoms with E-state index >= 15 is 0 Å². The van der Waals surface area contributed by atoms with Crippen molar-refractivity contribution in [2.75, 3.05) is 13.1 Å². The van der Waals surface area contributed by atoms with Gasteiger partial charge in [0.2, 0.25) is 0 Å². The first-order valence-electron chi connectivity index (χ1n) is 6.17. The molecule has 1 heterocycles. The van der Waals surface area contributed by atoms with Crippen LogP contribution in [0, 0.1) is 5.92 Å². The molecule has 1 aromatic rings. The largest absolute Gasteiger partial charge is 0.315 e. The van der Waals surface area contributed by atoms with Gasteiger partial charge in [-0.25, -0.2) is 0 Å². The summed E-state index contributed by atoms with van der Waals surface area (Å²) in [4.78, 5) is 11.7. The van der Waals surface area contributed by atoms with Gasteiger partial charge >= 0.3 is 0 Å². The highest BCUT2D eigenvalue weighted by molar-refractivity contribution is 9.10. The van der Waals surface area contributed by atoms with Crippen molar-refractivity contribution in [2.24, 2.45) is 5.92 Å². The molecule has 0 aliphatic rings. The zero-order valence-electron chi connectivity index (χ0n) is 10.6. The van der Waals surface area contributed by atoms with Gasteiger partial charge < -0.3 is 9.88 Å². The van der Waals surface area contributed by atoms with Gasteiger partial charge in [-0.15, -0.1) is 0 Å². The van der Waals surface area contributed by atoms with Crippen LogP contribution in [0.5, 0.6) is 0 Å². The summed E-state index contributed by atoms with van der Waals surface area (Å²) in [5.74, 6) is 0.768. The lowest BCUT2D eigenvalue weighted by Gasteiger charge is -2.08. The predicted octanol–water partition coefficient (Wildman–Crippen LogP) is 2.64. The van der Waals surface area contributed by atoms with Gasteiger partial charge in [0.25, 0.3) is 5.56 Å². The van der Waals surface area contributed by atoms with Gasteiger partial charge in [0, 0.05) is 19.3 Å². The normalized spacial score (nSPS) is 11.1. The van der Waals surface area contributed by atoms with E-state index in [2.05, 4.69) is 35.1 Å². The van der Waals surface area contributed by atoms with Gasteiger partial charge in [0.15, 0.2) is 0 Å². The molecular formula is C13H21BrN2O. The highest BCUT2D eigenvalue weighted by Gasteiger charge is 1.99. The van der Waals surface area contributed by atoms with E-state index in [0.29, 0.717) is 4.47 Å². The van der Waals surface area contributed by atoms with Crippen molar-refractivity contribution in [3.8, 4) is 0 Å². The topological polar surface area (TPSA) is 34.0 Å². The van der Waals surface area contributed by atoms with Crippen molar-refractivity contribution < 1.29 is 0 Å². The molecule has 1 N–H and O–H groups in total. The third-order valence-electron chi connectivity index (χ3n) is 2.64. The second kappa shape index (κ2) is 7.67. The highest BCUT2D eigenvalue weighted by atomic mass is 79.9. The zero-order chi connectivity index (χ0) is 12.7. The molecule has 1 aromatic heterocycles. The first-order chi connectivity index (χ1) is 8.11. The lowest BCUT2D eigenvalue weighted by molar-refractivity contribution is 0.512. The summed E-state index contributed by atoms with van der Waals surface area (Å²) in [6, 6.07) is 3.65. The van der Waals surface area contributed by atoms with E-state index in [4.69, 9.17) is 0 Å². The van der Waals surface area contributed by atoms with Gasteiger partial charge in [-0.3, -0.25) is 4.79 Å². The second-order valence-corrected chi connectivity index (χ2v) is 5.50. The first-order valence-corrected chi connectivity index (χ1v) is 6.96. The molecule has 96 valence electrons. The average molecular weight is 301 g/mol. The third kappa shape index (κ3) is 5.50. The molecular weight excluding hydrogens is 280 g/mol. The minimum absolute atomic E-state index is 0.0384. The Labute approximate surface area is 111 Å². The van der Waals surface area contributed by atoms with Crippen LogP contribution in [0.4, 0.5) is 0 Å². The van der Waals surface area contributed by atoms with E-state index < -0.39 is 0 Å². The van der Waals surface area contributed by atoms with Crippen molar-refractivity contribution >= 4 is 15.9 Å². The number of halogens is 1. The number of pyridine rings is 1. The van der Waals surface area contributed by atoms with E-state index in [0.717, 1.165) is 25.6 Å². The quantitative estimate of drug-likeness (QED) is 0.786. The fourth-order valence-corrected chi connectivity index (χ4v) is 2.02. The Kier molecular flexibility index (Phi) is 6.52. The fourth-order valence-electron chi connectivity index (χ4n) is 1.64. The van der Waals surface area contributed by atoms with Crippen LogP contribution in [-0.2, 0) is 6.54 Å². The predicted molar refractivity (Wildman–Crippen MR) is 75.3 cm³/mol. The number of hydrogen-bond acceptors (Lipinski definition) is 2. The van der Waals surface area contributed by atoms with Crippen molar-refractivity contribution in [1.82, 2.24) is 9.88 Å². The third-order valence-corrected chi connectivity index (χ3v) is 3.24. The Balaban J connectivity index is 2.23. The number of nitrogens with one attached hydrogen (secondary N) is 1. The van der Waals surface area contributed by atoms with Crippen LogP contribution in [0.25, 0.3) is 0 Å². The van der Waals surface area contributed by atoms with Crippen LogP contribution in [0.3, 0.4) is 0 Å². The number of nitrogens with zero attached hydrogens (tertiary/aromatic N) is 1. The molecule has 0 unspecified atom stereocenters. The minimum Gasteiger partial charge on any atom is -0.315 e. The SMILES string of the molecule is CC(C)CCCNCCn1cccc(Br)c1=O. The first kappa shape index (κ1) is 14.5. The summed E-state index contributed by atoms with van der Waals surface area (Å²) in [6.45, 7) is 7.07. The Hall–Kier alpha value is -0.610. The molecule has 17 heavy (non-hydrogen) atoms. The van der Waals surface area contributed by atoms with E-state index in [1.807, 2.05) is 12.3 Å². The van der Waals surface area contributed by atoms with Gasteiger partial charge in [0.05, 0.1) is 4.47 Å². The number of aromatic nitrogens is 1. The fraction of sp³-hybridized carbons (Fsp3) is 0.615. The van der Waals surface area contributed by atoms with E-state index in [-0.39, 0.29) is 5.56 Å². The molecule has 0 aliphatic carbocycles. The van der Waals surface area contributed by atoms with Gasteiger partial charge in [-0.05, 0) is 53.4 Å². The van der Waals surface area contributed by atoms with Crippen LogP contribution < -0.4 is 10.9 Å². The van der Waals surface area contributed by atoms with Crippen molar-refractivity contribution in [2.45, 2.75) is 33.2 Å². The van der Waals surface area contributed by atoms with Crippen LogP contribution in [0.15, 0.2) is 27.6 Å². The van der Waals surface area contributed by atoms with Crippen molar-refractivity contribution in [1.29, 1.82) is 0 Å². The molecule has 0 spiro atoms. The van der Waals surface area contributed by atoms with Crippen LogP contribution in [0.2, 0.25) is 0 Å². The van der Waals surface area contributed by atoms with E-state index in [1.165, 1.54) is 12.8 Å². The lowest BCUT2D eigenvalue weighted by atomic mass is 10.1. The van der Waals surface area contributed by atoms with Gasteiger partial charge in [-0.2, -0.15) is 0 Å². The summed E-state index contributed by atoms with van der Waals surface area (Å²) in [6.07, 6.45) is 4.28. The lowest BCUT2D eigenvalue weighted by Crippen LogP contribution is -2.27. The zero-order valence-corrected chi connectivity index (χ0v) is 12.2. The summed E-state index contributed by atoms with van der Waals surface area (Å²) >= 11 is 3.24. The average Bonchev–Trinajstić information content (AvgIpc) is 2.28. The van der Waals surface area contributed by atoms with E-state index in [1.54, 1.807) is 10.6 Å². The highest BCUT2D eigenvalue weighted by Crippen LogP contribution is 2.02. The molecule has 0 bridgehead atoms. The standard InChI is InChI=1S/C13H21BrN2O/c1-11(2)5-3-7-15-8-10-16-9-4-6-12(14)13(16)17/h4,6,9,11,15H,3,5,7-8,10H2,1-2H3. The summed E-state index contributed by atoms with van der Waals surface area (Å²) in [7, 11) is 0. The molecule has 0 radical (unpaired) electrons. The summed E-state index contributed by atoms with van der Waals surface area (Å²) in [5.41, 5.74) is 0.0384. The molecule has 0 fully saturated rings. The summed E-state index contributed by atoms with van der Waals surface area (Å²) in [5, 5.41) is 3.36. The summed E-state index contributed by atoms with van der Waals surface area (Å²) < 4.78 is 2.35. The Morgan fingerprint density at radius 2 is 2.18 bits per heavy atom. The molecule has 0 saturated heterocycles. The Morgan fingerprint density at radius 3 is 2.88 bits per heavy atom. The molecule has 1 rings (SSSR count). The van der Waals surface area contributed by atoms with E-state index in [9.17, 15) is 4.79 Å². The maximum absolute atomic E-state index is 11.7. The minimum atomic E-state index is 0.0384. The monoisotopic (exact) mass is 300 g/mol. The van der Waals surface area contributed by atoms with Crippen LogP contribution in [0.1, 0.15) is 26.7 Å². The molecule has 0 amide bonds. The second-order valence-electron chi connectivity index (χ2n) is 4.64. The number of hydrogen-bond donors (Lipinski definition) is 1. The molecule has 0 aliphatic heterocycles. The number of rotatable bonds is 7.